The second kappa shape index (κ2) is 9.26. The Balaban J connectivity index is 2.12. The number of ether oxygens (including phenoxy) is 3. The van der Waals surface area contributed by atoms with Gasteiger partial charge in [-0.3, -0.25) is 0 Å². The summed E-state index contributed by atoms with van der Waals surface area (Å²) in [5.41, 5.74) is 0. The summed E-state index contributed by atoms with van der Waals surface area (Å²) in [4.78, 5) is 11.8. The van der Waals surface area contributed by atoms with Gasteiger partial charge in [-0.1, -0.05) is 6.92 Å². The molecule has 0 amide bonds. The van der Waals surface area contributed by atoms with Gasteiger partial charge in [0.25, 0.3) is 5.79 Å². The molecule has 0 aliphatic carbocycles. The Morgan fingerprint density at radius 3 is 2.39 bits per heavy atom. The highest BCUT2D eigenvalue weighted by atomic mass is 16.7. The third kappa shape index (κ3) is 4.62. The molecular formula is C16H28O12. The smallest absolute Gasteiger partial charge is 0.364 e. The van der Waals surface area contributed by atoms with Crippen LogP contribution in [0.2, 0.25) is 0 Å². The molecule has 0 aromatic heterocycles. The van der Waals surface area contributed by atoms with Crippen LogP contribution in [-0.4, -0.2) is 115 Å². The van der Waals surface area contributed by atoms with Crippen molar-refractivity contribution in [2.45, 2.75) is 74.6 Å². The molecule has 0 aromatic carbocycles. The summed E-state index contributed by atoms with van der Waals surface area (Å²) >= 11 is 0. The quantitative estimate of drug-likeness (QED) is 0.202. The zero-order chi connectivity index (χ0) is 21.2. The number of aliphatic hydroxyl groups excluding tert-OH is 7. The van der Waals surface area contributed by atoms with Crippen molar-refractivity contribution in [2.24, 2.45) is 5.92 Å². The standard InChI is InChI=1S/C16H28O12/c1-6-2-3-16(15(24)25,28-13(6)9(19)7(18)4-17)26-5-8-10(20)11(21)12(22)14(23)27-8/h6-14,17-23H,2-5H2,1H3,(H,24,25)/t6-,7-,8?,9-,10-,11+,12?,13?,14-,16-/m1/s1. The number of aliphatic hydroxyl groups is 7. The number of carboxylic acid groups (broad SMARTS) is 1. The van der Waals surface area contributed by atoms with E-state index >= 15 is 0 Å². The van der Waals surface area contributed by atoms with Crippen molar-refractivity contribution in [1.82, 2.24) is 0 Å². The van der Waals surface area contributed by atoms with Crippen LogP contribution in [0.25, 0.3) is 0 Å². The monoisotopic (exact) mass is 412 g/mol. The van der Waals surface area contributed by atoms with Gasteiger partial charge in [-0.15, -0.1) is 0 Å². The number of carbonyl (C=O) groups is 1. The van der Waals surface area contributed by atoms with Crippen LogP contribution >= 0.6 is 0 Å². The van der Waals surface area contributed by atoms with Gasteiger partial charge in [0.15, 0.2) is 6.29 Å². The van der Waals surface area contributed by atoms with E-state index in [0.717, 1.165) is 0 Å². The molecule has 0 radical (unpaired) electrons. The van der Waals surface area contributed by atoms with Gasteiger partial charge in [0.2, 0.25) is 0 Å². The molecule has 2 heterocycles. The molecule has 0 saturated carbocycles. The highest BCUT2D eigenvalue weighted by molar-refractivity contribution is 5.75. The van der Waals surface area contributed by atoms with E-state index in [2.05, 4.69) is 0 Å². The Morgan fingerprint density at radius 1 is 1.18 bits per heavy atom. The lowest BCUT2D eigenvalue weighted by atomic mass is 9.87. The van der Waals surface area contributed by atoms with Crippen molar-refractivity contribution in [2.75, 3.05) is 13.2 Å². The minimum atomic E-state index is -2.25. The van der Waals surface area contributed by atoms with E-state index in [0.29, 0.717) is 0 Å². The van der Waals surface area contributed by atoms with Crippen LogP contribution in [0.5, 0.6) is 0 Å². The average Bonchev–Trinajstić information content (AvgIpc) is 2.67. The molecule has 8 N–H and O–H groups in total. The third-order valence-electron chi connectivity index (χ3n) is 5.23. The molecule has 164 valence electrons. The number of hydrogen-bond acceptors (Lipinski definition) is 11. The van der Waals surface area contributed by atoms with Crippen LogP contribution in [0.15, 0.2) is 0 Å². The van der Waals surface area contributed by atoms with Crippen LogP contribution in [0.3, 0.4) is 0 Å². The molecule has 2 rings (SSSR count). The zero-order valence-corrected chi connectivity index (χ0v) is 15.2. The second-order valence-electron chi connectivity index (χ2n) is 7.24. The molecular weight excluding hydrogens is 384 g/mol. The first-order chi connectivity index (χ1) is 13.0. The van der Waals surface area contributed by atoms with Crippen molar-refractivity contribution in [3.63, 3.8) is 0 Å². The van der Waals surface area contributed by atoms with Crippen molar-refractivity contribution in [3.05, 3.63) is 0 Å². The van der Waals surface area contributed by atoms with Gasteiger partial charge in [0.05, 0.1) is 19.3 Å². The van der Waals surface area contributed by atoms with Crippen LogP contribution in [0, 0.1) is 5.92 Å². The fourth-order valence-corrected chi connectivity index (χ4v) is 3.32. The molecule has 0 aromatic rings. The summed E-state index contributed by atoms with van der Waals surface area (Å²) in [6.07, 6.45) is -12.5. The summed E-state index contributed by atoms with van der Waals surface area (Å²) in [5.74, 6) is -4.13. The number of rotatable bonds is 7. The summed E-state index contributed by atoms with van der Waals surface area (Å²) in [6.45, 7) is 0.300. The lowest BCUT2D eigenvalue weighted by molar-refractivity contribution is -0.329. The SMILES string of the molecule is C[C@@H]1CC[C@](OCC2O[C@@H](O)C(O)[C@@H](O)[C@@H]2O)(C(=O)O)OC1[C@H](O)[C@H](O)CO. The van der Waals surface area contributed by atoms with Gasteiger partial charge in [0, 0.05) is 6.42 Å². The van der Waals surface area contributed by atoms with Gasteiger partial charge in [-0.05, 0) is 12.3 Å². The zero-order valence-electron chi connectivity index (χ0n) is 15.2. The summed E-state index contributed by atoms with van der Waals surface area (Å²) in [7, 11) is 0. The Morgan fingerprint density at radius 2 is 1.82 bits per heavy atom. The lowest BCUT2D eigenvalue weighted by Gasteiger charge is -2.44. The Hall–Kier alpha value is -0.930. The van der Waals surface area contributed by atoms with Gasteiger partial charge in [-0.25, -0.2) is 4.79 Å². The van der Waals surface area contributed by atoms with Crippen molar-refractivity contribution >= 4 is 5.97 Å². The summed E-state index contributed by atoms with van der Waals surface area (Å²) in [6, 6.07) is 0. The van der Waals surface area contributed by atoms with Gasteiger partial charge in [-0.2, -0.15) is 0 Å². The second-order valence-corrected chi connectivity index (χ2v) is 7.24. The van der Waals surface area contributed by atoms with Crippen LogP contribution in [0.4, 0.5) is 0 Å². The van der Waals surface area contributed by atoms with E-state index in [1.54, 1.807) is 6.92 Å². The molecule has 28 heavy (non-hydrogen) atoms. The first-order valence-corrected chi connectivity index (χ1v) is 8.94. The number of aliphatic carboxylic acids is 1. The molecule has 2 aliphatic heterocycles. The first kappa shape index (κ1) is 23.3. The van der Waals surface area contributed by atoms with Gasteiger partial charge >= 0.3 is 5.97 Å². The molecule has 3 unspecified atom stereocenters. The predicted molar refractivity (Wildman–Crippen MR) is 87.6 cm³/mol. The highest BCUT2D eigenvalue weighted by Gasteiger charge is 2.52. The summed E-state index contributed by atoms with van der Waals surface area (Å²) in [5, 5.41) is 77.1. The average molecular weight is 412 g/mol. The van der Waals surface area contributed by atoms with Gasteiger partial charge in [0.1, 0.15) is 36.6 Å². The van der Waals surface area contributed by atoms with Crippen molar-refractivity contribution < 1.29 is 59.9 Å². The molecule has 0 spiro atoms. The number of hydrogen-bond donors (Lipinski definition) is 8. The molecule has 2 aliphatic rings. The predicted octanol–water partition coefficient (Wildman–Crippen LogP) is -3.89. The molecule has 2 saturated heterocycles. The topological polar surface area (TPSA) is 207 Å². The molecule has 12 nitrogen and oxygen atoms in total. The minimum absolute atomic E-state index is 0.127. The van der Waals surface area contributed by atoms with E-state index in [1.807, 2.05) is 0 Å². The maximum atomic E-state index is 11.8. The maximum Gasteiger partial charge on any atom is 0.364 e. The Labute approximate surface area is 160 Å². The molecule has 0 bridgehead atoms. The van der Waals surface area contributed by atoms with Gasteiger partial charge < -0.3 is 55.1 Å². The van der Waals surface area contributed by atoms with Crippen molar-refractivity contribution in [1.29, 1.82) is 0 Å². The molecule has 2 fully saturated rings. The third-order valence-corrected chi connectivity index (χ3v) is 5.23. The molecule has 10 atom stereocenters. The van der Waals surface area contributed by atoms with E-state index < -0.39 is 74.0 Å². The largest absolute Gasteiger partial charge is 0.477 e. The van der Waals surface area contributed by atoms with Crippen molar-refractivity contribution in [3.8, 4) is 0 Å². The Kier molecular flexibility index (Phi) is 7.72. The maximum absolute atomic E-state index is 11.8. The summed E-state index contributed by atoms with van der Waals surface area (Å²) < 4.78 is 15.8. The van der Waals surface area contributed by atoms with Crippen LogP contribution in [0.1, 0.15) is 19.8 Å². The van der Waals surface area contributed by atoms with E-state index in [9.17, 15) is 40.5 Å². The van der Waals surface area contributed by atoms with E-state index in [1.165, 1.54) is 0 Å². The van der Waals surface area contributed by atoms with E-state index in [4.69, 9.17) is 19.3 Å². The van der Waals surface area contributed by atoms with E-state index in [-0.39, 0.29) is 18.8 Å². The van der Waals surface area contributed by atoms with Crippen LogP contribution in [-0.2, 0) is 19.0 Å². The Bertz CT molecular complexity index is 532. The fourth-order valence-electron chi connectivity index (χ4n) is 3.32. The highest BCUT2D eigenvalue weighted by Crippen LogP contribution is 2.36. The first-order valence-electron chi connectivity index (χ1n) is 8.94. The molecule has 12 heteroatoms. The minimum Gasteiger partial charge on any atom is -0.477 e. The lowest BCUT2D eigenvalue weighted by Crippen LogP contribution is -2.61. The van der Waals surface area contributed by atoms with Crippen LogP contribution < -0.4 is 0 Å². The normalized spacial score (nSPS) is 44.1. The number of carboxylic acids is 1. The fraction of sp³-hybridized carbons (Fsp3) is 0.938.